The molecule has 1 unspecified atom stereocenters. The van der Waals surface area contributed by atoms with Gasteiger partial charge in [-0.25, -0.2) is 0 Å². The van der Waals surface area contributed by atoms with E-state index in [4.69, 9.17) is 4.74 Å². The van der Waals surface area contributed by atoms with Crippen LogP contribution in [0.5, 0.6) is 0 Å². The highest BCUT2D eigenvalue weighted by Crippen LogP contribution is 2.28. The molecule has 0 amide bonds. The van der Waals surface area contributed by atoms with Crippen molar-refractivity contribution in [2.45, 2.75) is 38.5 Å². The van der Waals surface area contributed by atoms with E-state index >= 15 is 0 Å². The van der Waals surface area contributed by atoms with Crippen LogP contribution < -0.4 is 5.32 Å². The van der Waals surface area contributed by atoms with E-state index in [0.29, 0.717) is 5.92 Å². The summed E-state index contributed by atoms with van der Waals surface area (Å²) in [5, 5.41) is 3.53. The van der Waals surface area contributed by atoms with Gasteiger partial charge in [0.1, 0.15) is 0 Å². The fraction of sp³-hybridized carbons (Fsp3) is 0.625. The molecule has 0 aliphatic carbocycles. The van der Waals surface area contributed by atoms with E-state index in [-0.39, 0.29) is 0 Å². The van der Waals surface area contributed by atoms with Crippen LogP contribution in [0, 0.1) is 6.92 Å². The minimum absolute atomic E-state index is 0.629. The first kappa shape index (κ1) is 16.4. The molecule has 0 heterocycles. The highest BCUT2D eigenvalue weighted by Gasteiger charge is 2.22. The summed E-state index contributed by atoms with van der Waals surface area (Å²) in [5.41, 5.74) is 2.93. The van der Waals surface area contributed by atoms with Crippen LogP contribution in [0.3, 0.4) is 0 Å². The van der Waals surface area contributed by atoms with Gasteiger partial charge in [-0.05, 0) is 30.0 Å². The molecule has 0 aliphatic rings. The summed E-state index contributed by atoms with van der Waals surface area (Å²) < 4.78 is 5.10. The Hall–Kier alpha value is -0.643. The Morgan fingerprint density at radius 1 is 1.21 bits per heavy atom. The Morgan fingerprint density at radius 3 is 2.47 bits per heavy atom. The standard InChI is InChI=1S/C16H29NOSi/c1-14-8-6-7-9-16(14)15(13-19(3,4)5)12-17-10-11-18-2/h6-9,15,17H,10-13H2,1-5H3. The summed E-state index contributed by atoms with van der Waals surface area (Å²) in [7, 11) is 0.687. The number of ether oxygens (including phenoxy) is 1. The van der Waals surface area contributed by atoms with E-state index in [2.05, 4.69) is 56.1 Å². The van der Waals surface area contributed by atoms with E-state index in [1.165, 1.54) is 17.2 Å². The third kappa shape index (κ3) is 6.37. The van der Waals surface area contributed by atoms with Gasteiger partial charge in [-0.3, -0.25) is 0 Å². The van der Waals surface area contributed by atoms with Crippen LogP contribution in [0.4, 0.5) is 0 Å². The Bertz CT molecular complexity index is 373. The molecule has 1 atom stereocenters. The maximum Gasteiger partial charge on any atom is 0.0587 e. The Morgan fingerprint density at radius 2 is 1.89 bits per heavy atom. The second-order valence-electron chi connectivity index (χ2n) is 6.52. The number of hydrogen-bond donors (Lipinski definition) is 1. The van der Waals surface area contributed by atoms with E-state index in [9.17, 15) is 0 Å². The predicted molar refractivity (Wildman–Crippen MR) is 86.8 cm³/mol. The number of aryl methyl sites for hydroxylation is 1. The number of rotatable bonds is 8. The molecule has 0 aromatic heterocycles. The molecule has 2 nitrogen and oxygen atoms in total. The van der Waals surface area contributed by atoms with Gasteiger partial charge < -0.3 is 10.1 Å². The van der Waals surface area contributed by atoms with Gasteiger partial charge >= 0.3 is 0 Å². The Balaban J connectivity index is 2.72. The lowest BCUT2D eigenvalue weighted by Crippen LogP contribution is -2.31. The Labute approximate surface area is 119 Å². The minimum Gasteiger partial charge on any atom is -0.383 e. The normalized spacial score (nSPS) is 13.5. The molecule has 1 rings (SSSR count). The lowest BCUT2D eigenvalue weighted by atomic mass is 9.96. The Kier molecular flexibility index (Phi) is 6.76. The molecule has 0 spiro atoms. The van der Waals surface area contributed by atoms with Crippen molar-refractivity contribution in [1.82, 2.24) is 5.32 Å². The van der Waals surface area contributed by atoms with Gasteiger partial charge in [0.15, 0.2) is 0 Å². The molecular weight excluding hydrogens is 250 g/mol. The third-order valence-corrected chi connectivity index (χ3v) is 5.08. The number of nitrogens with one attached hydrogen (secondary N) is 1. The van der Waals surface area contributed by atoms with Gasteiger partial charge in [0.2, 0.25) is 0 Å². The maximum absolute atomic E-state index is 5.10. The van der Waals surface area contributed by atoms with Crippen LogP contribution in [0.25, 0.3) is 0 Å². The highest BCUT2D eigenvalue weighted by atomic mass is 28.3. The third-order valence-electron chi connectivity index (χ3n) is 3.36. The van der Waals surface area contributed by atoms with Gasteiger partial charge in [0.25, 0.3) is 0 Å². The van der Waals surface area contributed by atoms with Crippen LogP contribution in [-0.4, -0.2) is 34.9 Å². The van der Waals surface area contributed by atoms with Crippen LogP contribution >= 0.6 is 0 Å². The molecule has 0 bridgehead atoms. The lowest BCUT2D eigenvalue weighted by Gasteiger charge is -2.26. The van der Waals surface area contributed by atoms with Crippen molar-refractivity contribution in [1.29, 1.82) is 0 Å². The topological polar surface area (TPSA) is 21.3 Å². The fourth-order valence-electron chi connectivity index (χ4n) is 2.53. The average molecular weight is 280 g/mol. The molecule has 1 aromatic carbocycles. The van der Waals surface area contributed by atoms with Gasteiger partial charge in [-0.2, -0.15) is 0 Å². The van der Waals surface area contributed by atoms with Gasteiger partial charge in [0.05, 0.1) is 6.61 Å². The SMILES string of the molecule is COCCNCC(C[Si](C)(C)C)c1ccccc1C. The van der Waals surface area contributed by atoms with Crippen molar-refractivity contribution < 1.29 is 4.74 Å². The average Bonchev–Trinajstić information content (AvgIpc) is 2.32. The first-order valence-electron chi connectivity index (χ1n) is 7.19. The molecular formula is C16H29NOSi. The van der Waals surface area contributed by atoms with Gasteiger partial charge in [0, 0.05) is 28.3 Å². The van der Waals surface area contributed by atoms with Crippen molar-refractivity contribution >= 4 is 8.07 Å². The smallest absolute Gasteiger partial charge is 0.0587 e. The lowest BCUT2D eigenvalue weighted by molar-refractivity contribution is 0.199. The minimum atomic E-state index is -1.07. The summed E-state index contributed by atoms with van der Waals surface area (Å²) in [5.74, 6) is 0.629. The van der Waals surface area contributed by atoms with Crippen molar-refractivity contribution in [3.63, 3.8) is 0 Å². The molecule has 0 saturated heterocycles. The second-order valence-corrected chi connectivity index (χ2v) is 12.0. The molecule has 1 aromatic rings. The van der Waals surface area contributed by atoms with E-state index in [1.54, 1.807) is 7.11 Å². The van der Waals surface area contributed by atoms with Crippen LogP contribution in [0.15, 0.2) is 24.3 Å². The summed E-state index contributed by atoms with van der Waals surface area (Å²) in [6.45, 7) is 12.4. The number of benzene rings is 1. The summed E-state index contributed by atoms with van der Waals surface area (Å²) in [6, 6.07) is 10.1. The highest BCUT2D eigenvalue weighted by molar-refractivity contribution is 6.76. The molecule has 1 N–H and O–H groups in total. The van der Waals surface area contributed by atoms with E-state index in [1.807, 2.05) is 0 Å². The van der Waals surface area contributed by atoms with Gasteiger partial charge in [-0.1, -0.05) is 43.9 Å². The zero-order valence-corrected chi connectivity index (χ0v) is 14.1. The number of methoxy groups -OCH3 is 1. The molecule has 19 heavy (non-hydrogen) atoms. The van der Waals surface area contributed by atoms with Crippen molar-refractivity contribution in [2.75, 3.05) is 26.8 Å². The fourth-order valence-corrected chi connectivity index (χ4v) is 4.37. The summed E-state index contributed by atoms with van der Waals surface area (Å²) >= 11 is 0. The maximum atomic E-state index is 5.10. The predicted octanol–water partition coefficient (Wildman–Crippen LogP) is 3.65. The van der Waals surface area contributed by atoms with Crippen molar-refractivity contribution in [3.05, 3.63) is 35.4 Å². The van der Waals surface area contributed by atoms with Crippen molar-refractivity contribution in [3.8, 4) is 0 Å². The first-order chi connectivity index (χ1) is 8.94. The summed E-state index contributed by atoms with van der Waals surface area (Å²) in [4.78, 5) is 0. The molecule has 0 aliphatic heterocycles. The van der Waals surface area contributed by atoms with E-state index < -0.39 is 8.07 Å². The zero-order valence-electron chi connectivity index (χ0n) is 13.1. The largest absolute Gasteiger partial charge is 0.383 e. The van der Waals surface area contributed by atoms with E-state index in [0.717, 1.165) is 19.7 Å². The molecule has 0 radical (unpaired) electrons. The quantitative estimate of drug-likeness (QED) is 0.579. The van der Waals surface area contributed by atoms with Crippen LogP contribution in [-0.2, 0) is 4.74 Å². The molecule has 0 fully saturated rings. The second kappa shape index (κ2) is 7.83. The van der Waals surface area contributed by atoms with Crippen LogP contribution in [0.2, 0.25) is 25.7 Å². The zero-order chi connectivity index (χ0) is 14.3. The molecule has 3 heteroatoms. The van der Waals surface area contributed by atoms with Crippen LogP contribution in [0.1, 0.15) is 17.0 Å². The monoisotopic (exact) mass is 279 g/mol. The molecule has 108 valence electrons. The number of hydrogen-bond acceptors (Lipinski definition) is 2. The molecule has 0 saturated carbocycles. The first-order valence-corrected chi connectivity index (χ1v) is 10.9. The summed E-state index contributed by atoms with van der Waals surface area (Å²) in [6.07, 6.45) is 0. The van der Waals surface area contributed by atoms with Crippen molar-refractivity contribution in [2.24, 2.45) is 0 Å². The van der Waals surface area contributed by atoms with Gasteiger partial charge in [-0.15, -0.1) is 0 Å².